The van der Waals surface area contributed by atoms with Gasteiger partial charge in [0.05, 0.1) is 21.3 Å². The summed E-state index contributed by atoms with van der Waals surface area (Å²) in [5, 5.41) is 2.73. The molecular formula is C29H37NO7S. The number of ether oxygens (including phenoxy) is 4. The second-order valence-electron chi connectivity index (χ2n) is 9.21. The number of Topliss-reactive ketones (excluding diaryl/α,β-unsaturated/α-hetero) is 1. The smallest absolute Gasteiger partial charge is 0.329 e. The molecule has 2 aromatic rings. The van der Waals surface area contributed by atoms with Gasteiger partial charge in [-0.1, -0.05) is 43.5 Å². The number of methoxy groups -OCH3 is 3. The van der Waals surface area contributed by atoms with E-state index >= 15 is 0 Å². The first-order valence-electron chi connectivity index (χ1n) is 12.8. The molecule has 1 N–H and O–H groups in total. The number of carbonyl (C=O) groups excluding carboxylic acids is 3. The fourth-order valence-corrected chi connectivity index (χ4v) is 5.11. The molecular weight excluding hydrogens is 506 g/mol. The highest BCUT2D eigenvalue weighted by Gasteiger charge is 2.25. The maximum atomic E-state index is 13.0. The maximum Gasteiger partial charge on any atom is 0.329 e. The van der Waals surface area contributed by atoms with E-state index in [4.69, 9.17) is 18.9 Å². The molecule has 1 aliphatic rings. The minimum atomic E-state index is -0.921. The predicted octanol–water partition coefficient (Wildman–Crippen LogP) is 5.04. The zero-order valence-electron chi connectivity index (χ0n) is 22.5. The van der Waals surface area contributed by atoms with E-state index in [1.54, 1.807) is 12.1 Å². The van der Waals surface area contributed by atoms with Crippen molar-refractivity contribution in [3.8, 4) is 17.2 Å². The lowest BCUT2D eigenvalue weighted by atomic mass is 9.84. The Morgan fingerprint density at radius 3 is 2.11 bits per heavy atom. The van der Waals surface area contributed by atoms with Crippen LogP contribution >= 0.6 is 11.8 Å². The lowest BCUT2D eigenvalue weighted by Crippen LogP contribution is -2.42. The summed E-state index contributed by atoms with van der Waals surface area (Å²) in [7, 11) is 4.39. The second kappa shape index (κ2) is 14.7. The van der Waals surface area contributed by atoms with Gasteiger partial charge in [0.25, 0.3) is 5.91 Å². The van der Waals surface area contributed by atoms with Gasteiger partial charge in [-0.05, 0) is 54.9 Å². The van der Waals surface area contributed by atoms with Gasteiger partial charge in [0.1, 0.15) is 6.04 Å². The number of hydrogen-bond donors (Lipinski definition) is 1. The molecule has 0 radical (unpaired) electrons. The fourth-order valence-electron chi connectivity index (χ4n) is 4.64. The number of hydrogen-bond acceptors (Lipinski definition) is 8. The molecule has 0 unspecified atom stereocenters. The first-order valence-corrected chi connectivity index (χ1v) is 14.2. The van der Waals surface area contributed by atoms with Gasteiger partial charge in [-0.25, -0.2) is 4.79 Å². The predicted molar refractivity (Wildman–Crippen MR) is 148 cm³/mol. The molecule has 9 heteroatoms. The summed E-state index contributed by atoms with van der Waals surface area (Å²) >= 11 is 1.54. The van der Waals surface area contributed by atoms with Gasteiger partial charge in [0.15, 0.2) is 23.9 Å². The summed E-state index contributed by atoms with van der Waals surface area (Å²) in [5.41, 5.74) is 1.99. The van der Waals surface area contributed by atoms with Gasteiger partial charge < -0.3 is 24.3 Å². The SMILES string of the molecule is COc1cc(C(=O)N[C@@H](CCSC)C(=O)OCC(=O)c2ccc(C3CCCCC3)cc2)cc(OC)c1OC. The Labute approximate surface area is 228 Å². The summed E-state index contributed by atoms with van der Waals surface area (Å²) in [6, 6.07) is 9.71. The normalized spacial score (nSPS) is 14.3. The topological polar surface area (TPSA) is 100 Å². The average molecular weight is 544 g/mol. The van der Waals surface area contributed by atoms with Crippen molar-refractivity contribution in [2.75, 3.05) is 39.9 Å². The van der Waals surface area contributed by atoms with Crippen LogP contribution in [0.2, 0.25) is 0 Å². The quantitative estimate of drug-likeness (QED) is 0.277. The molecule has 0 aromatic heterocycles. The van der Waals surface area contributed by atoms with Crippen molar-refractivity contribution in [1.82, 2.24) is 5.32 Å². The van der Waals surface area contributed by atoms with Crippen molar-refractivity contribution in [3.05, 3.63) is 53.1 Å². The van der Waals surface area contributed by atoms with E-state index in [-0.39, 0.29) is 11.3 Å². The van der Waals surface area contributed by atoms with Crippen molar-refractivity contribution < 1.29 is 33.3 Å². The van der Waals surface area contributed by atoms with Crippen molar-refractivity contribution in [3.63, 3.8) is 0 Å². The summed E-state index contributed by atoms with van der Waals surface area (Å²) in [6.07, 6.45) is 8.40. The third-order valence-electron chi connectivity index (χ3n) is 6.78. The number of amides is 1. The molecule has 1 atom stereocenters. The Balaban J connectivity index is 1.63. The molecule has 8 nitrogen and oxygen atoms in total. The summed E-state index contributed by atoms with van der Waals surface area (Å²) in [5.74, 6) is 0.719. The molecule has 0 aliphatic heterocycles. The van der Waals surface area contributed by atoms with Crippen LogP contribution in [0.5, 0.6) is 17.2 Å². The van der Waals surface area contributed by atoms with E-state index in [0.717, 1.165) is 0 Å². The van der Waals surface area contributed by atoms with Crippen LogP contribution in [0.4, 0.5) is 0 Å². The monoisotopic (exact) mass is 543 g/mol. The van der Waals surface area contributed by atoms with Crippen LogP contribution < -0.4 is 19.5 Å². The Bertz CT molecular complexity index is 1070. The minimum absolute atomic E-state index is 0.232. The fraction of sp³-hybridized carbons (Fsp3) is 0.483. The zero-order valence-corrected chi connectivity index (χ0v) is 23.4. The van der Waals surface area contributed by atoms with E-state index in [9.17, 15) is 14.4 Å². The molecule has 2 aromatic carbocycles. The second-order valence-corrected chi connectivity index (χ2v) is 10.2. The molecule has 1 aliphatic carbocycles. The molecule has 1 fully saturated rings. The molecule has 0 saturated heterocycles. The molecule has 0 heterocycles. The Morgan fingerprint density at radius 1 is 0.921 bits per heavy atom. The van der Waals surface area contributed by atoms with E-state index in [2.05, 4.69) is 5.32 Å². The van der Waals surface area contributed by atoms with Gasteiger partial charge >= 0.3 is 5.97 Å². The highest BCUT2D eigenvalue weighted by atomic mass is 32.2. The molecule has 0 bridgehead atoms. The number of nitrogens with one attached hydrogen (secondary N) is 1. The molecule has 0 spiro atoms. The van der Waals surface area contributed by atoms with Crippen LogP contribution in [0.15, 0.2) is 36.4 Å². The Hall–Kier alpha value is -3.20. The van der Waals surface area contributed by atoms with Gasteiger partial charge in [-0.3, -0.25) is 9.59 Å². The Morgan fingerprint density at radius 2 is 1.55 bits per heavy atom. The lowest BCUT2D eigenvalue weighted by molar-refractivity contribution is -0.144. The standard InChI is InChI=1S/C29H37NO7S/c1-34-25-16-22(17-26(35-2)27(25)36-3)28(32)30-23(14-15-38-4)29(33)37-18-24(31)21-12-10-20(11-13-21)19-8-6-5-7-9-19/h10-13,16-17,19,23H,5-9,14-15,18H2,1-4H3,(H,30,32)/t23-/m0/s1. The van der Waals surface area contributed by atoms with Crippen molar-refractivity contribution in [1.29, 1.82) is 0 Å². The number of ketones is 1. The largest absolute Gasteiger partial charge is 0.493 e. The van der Waals surface area contributed by atoms with Crippen molar-refractivity contribution in [2.45, 2.75) is 50.5 Å². The first kappa shape index (κ1) is 29.4. The molecule has 1 amide bonds. The molecule has 1 saturated carbocycles. The van der Waals surface area contributed by atoms with E-state index in [1.807, 2.05) is 18.4 Å². The van der Waals surface area contributed by atoms with E-state index in [1.165, 1.54) is 82.9 Å². The minimum Gasteiger partial charge on any atom is -0.493 e. The van der Waals surface area contributed by atoms with Crippen LogP contribution in [-0.2, 0) is 9.53 Å². The first-order chi connectivity index (χ1) is 18.4. The highest BCUT2D eigenvalue weighted by molar-refractivity contribution is 7.98. The lowest BCUT2D eigenvalue weighted by Gasteiger charge is -2.22. The summed E-state index contributed by atoms with van der Waals surface area (Å²) in [6.45, 7) is -0.391. The van der Waals surface area contributed by atoms with Crippen molar-refractivity contribution >= 4 is 29.4 Å². The van der Waals surface area contributed by atoms with Gasteiger partial charge in [0, 0.05) is 11.1 Å². The average Bonchev–Trinajstić information content (AvgIpc) is 2.97. The molecule has 206 valence electrons. The van der Waals surface area contributed by atoms with Crippen LogP contribution in [0.1, 0.15) is 70.7 Å². The summed E-state index contributed by atoms with van der Waals surface area (Å²) < 4.78 is 21.3. The van der Waals surface area contributed by atoms with E-state index in [0.29, 0.717) is 40.9 Å². The number of esters is 1. The van der Waals surface area contributed by atoms with Crippen LogP contribution in [-0.4, -0.2) is 63.6 Å². The van der Waals surface area contributed by atoms with Gasteiger partial charge in [0.2, 0.25) is 5.75 Å². The third-order valence-corrected chi connectivity index (χ3v) is 7.43. The van der Waals surface area contributed by atoms with Crippen LogP contribution in [0, 0.1) is 0 Å². The Kier molecular flexibility index (Phi) is 11.3. The number of carbonyl (C=O) groups is 3. The van der Waals surface area contributed by atoms with Crippen molar-refractivity contribution in [2.24, 2.45) is 0 Å². The molecule has 3 rings (SSSR count). The zero-order chi connectivity index (χ0) is 27.5. The maximum absolute atomic E-state index is 13.0. The number of benzene rings is 2. The van der Waals surface area contributed by atoms with Gasteiger partial charge in [-0.15, -0.1) is 0 Å². The number of thioether (sulfide) groups is 1. The van der Waals surface area contributed by atoms with E-state index < -0.39 is 24.5 Å². The van der Waals surface area contributed by atoms with Crippen LogP contribution in [0.25, 0.3) is 0 Å². The third kappa shape index (κ3) is 7.66. The molecule has 38 heavy (non-hydrogen) atoms. The van der Waals surface area contributed by atoms with Crippen LogP contribution in [0.3, 0.4) is 0 Å². The number of rotatable bonds is 13. The summed E-state index contributed by atoms with van der Waals surface area (Å²) in [4.78, 5) is 38.6. The van der Waals surface area contributed by atoms with Gasteiger partial charge in [-0.2, -0.15) is 11.8 Å². The highest BCUT2D eigenvalue weighted by Crippen LogP contribution is 2.38.